The lowest BCUT2D eigenvalue weighted by Gasteiger charge is -1.99. The van der Waals surface area contributed by atoms with Gasteiger partial charge in [0, 0.05) is 4.47 Å². The Morgan fingerprint density at radius 3 is 2.75 bits per heavy atom. The fourth-order valence-corrected chi connectivity index (χ4v) is 2.59. The van der Waals surface area contributed by atoms with Gasteiger partial charge in [0.25, 0.3) is 0 Å². The van der Waals surface area contributed by atoms with Gasteiger partial charge >= 0.3 is 5.97 Å². The highest BCUT2D eigenvalue weighted by atomic mass is 79.9. The summed E-state index contributed by atoms with van der Waals surface area (Å²) >= 11 is 9.48. The second kappa shape index (κ2) is 4.92. The molecule has 0 amide bonds. The molecule has 0 saturated carbocycles. The van der Waals surface area contributed by atoms with Crippen LogP contribution in [0.3, 0.4) is 0 Å². The van der Waals surface area contributed by atoms with Crippen molar-refractivity contribution in [2.45, 2.75) is 0 Å². The van der Waals surface area contributed by atoms with Crippen molar-refractivity contribution in [3.8, 4) is 11.5 Å². The molecular formula is C14H7BrClNO3. The van der Waals surface area contributed by atoms with Crippen LogP contribution >= 0.6 is 27.5 Å². The second-order valence-corrected chi connectivity index (χ2v) is 5.45. The SMILES string of the molecule is O=C(O)c1ccc2oc(-c3ccc(Br)cc3Cl)nc2c1. The zero-order chi connectivity index (χ0) is 14.3. The molecule has 0 aliphatic carbocycles. The number of carboxylic acids is 1. The van der Waals surface area contributed by atoms with Gasteiger partial charge in [0.2, 0.25) is 5.89 Å². The van der Waals surface area contributed by atoms with E-state index in [9.17, 15) is 4.79 Å². The Balaban J connectivity index is 2.15. The maximum absolute atomic E-state index is 10.9. The van der Waals surface area contributed by atoms with E-state index in [2.05, 4.69) is 20.9 Å². The molecule has 0 saturated heterocycles. The van der Waals surface area contributed by atoms with Gasteiger partial charge in [-0.25, -0.2) is 9.78 Å². The van der Waals surface area contributed by atoms with Crippen LogP contribution < -0.4 is 0 Å². The van der Waals surface area contributed by atoms with Crippen LogP contribution in [0, 0.1) is 0 Å². The van der Waals surface area contributed by atoms with E-state index in [1.807, 2.05) is 6.07 Å². The standard InChI is InChI=1S/C14H7BrClNO3/c15-8-2-3-9(10(16)6-8)13-17-11-5-7(14(18)19)1-4-12(11)20-13/h1-6H,(H,18,19). The maximum atomic E-state index is 10.9. The number of rotatable bonds is 2. The Morgan fingerprint density at radius 2 is 2.05 bits per heavy atom. The number of hydrogen-bond donors (Lipinski definition) is 1. The summed E-state index contributed by atoms with van der Waals surface area (Å²) in [4.78, 5) is 15.2. The van der Waals surface area contributed by atoms with Crippen molar-refractivity contribution in [2.24, 2.45) is 0 Å². The molecule has 0 aliphatic heterocycles. The topological polar surface area (TPSA) is 63.3 Å². The van der Waals surface area contributed by atoms with Crippen molar-refractivity contribution in [3.63, 3.8) is 0 Å². The molecular weight excluding hydrogens is 346 g/mol. The van der Waals surface area contributed by atoms with Gasteiger partial charge in [0.1, 0.15) is 5.52 Å². The molecule has 1 heterocycles. The molecule has 6 heteroatoms. The summed E-state index contributed by atoms with van der Waals surface area (Å²) in [5.74, 6) is -0.641. The lowest BCUT2D eigenvalue weighted by Crippen LogP contribution is -1.94. The number of aromatic carboxylic acids is 1. The first-order valence-corrected chi connectivity index (χ1v) is 6.81. The molecule has 1 N–H and O–H groups in total. The summed E-state index contributed by atoms with van der Waals surface area (Å²) in [5, 5.41) is 9.46. The number of carbonyl (C=O) groups is 1. The third-order valence-electron chi connectivity index (χ3n) is 2.80. The number of hydrogen-bond acceptors (Lipinski definition) is 3. The molecule has 0 unspecified atom stereocenters. The first-order chi connectivity index (χ1) is 9.54. The van der Waals surface area contributed by atoms with Crippen molar-refractivity contribution in [1.29, 1.82) is 0 Å². The first kappa shape index (κ1) is 13.1. The summed E-state index contributed by atoms with van der Waals surface area (Å²) in [7, 11) is 0. The minimum atomic E-state index is -1.00. The molecule has 2 aromatic carbocycles. The van der Waals surface area contributed by atoms with E-state index in [1.54, 1.807) is 18.2 Å². The fourth-order valence-electron chi connectivity index (χ4n) is 1.84. The van der Waals surface area contributed by atoms with E-state index in [4.69, 9.17) is 21.1 Å². The van der Waals surface area contributed by atoms with Gasteiger partial charge in [-0.15, -0.1) is 0 Å². The van der Waals surface area contributed by atoms with Crippen LogP contribution in [-0.4, -0.2) is 16.1 Å². The number of nitrogens with zero attached hydrogens (tertiary/aromatic N) is 1. The van der Waals surface area contributed by atoms with E-state index in [1.165, 1.54) is 12.1 Å². The molecule has 0 aliphatic rings. The van der Waals surface area contributed by atoms with Crippen LogP contribution in [0.2, 0.25) is 5.02 Å². The summed E-state index contributed by atoms with van der Waals surface area (Å²) in [6, 6.07) is 9.89. The van der Waals surface area contributed by atoms with Crippen LogP contribution in [0.4, 0.5) is 0 Å². The van der Waals surface area contributed by atoms with Crippen molar-refractivity contribution < 1.29 is 14.3 Å². The summed E-state index contributed by atoms with van der Waals surface area (Å²) in [6.07, 6.45) is 0. The highest BCUT2D eigenvalue weighted by Gasteiger charge is 2.13. The number of fused-ring (bicyclic) bond motifs is 1. The molecule has 100 valence electrons. The Labute approximate surface area is 127 Å². The average Bonchev–Trinajstić information content (AvgIpc) is 2.80. The highest BCUT2D eigenvalue weighted by molar-refractivity contribution is 9.10. The van der Waals surface area contributed by atoms with Gasteiger partial charge in [0.05, 0.1) is 16.1 Å². The number of oxazole rings is 1. The quantitative estimate of drug-likeness (QED) is 0.731. The van der Waals surface area contributed by atoms with Crippen molar-refractivity contribution in [2.75, 3.05) is 0 Å². The highest BCUT2D eigenvalue weighted by Crippen LogP contribution is 2.32. The zero-order valence-corrected chi connectivity index (χ0v) is 12.3. The van der Waals surface area contributed by atoms with E-state index >= 15 is 0 Å². The molecule has 0 fully saturated rings. The van der Waals surface area contributed by atoms with Crippen LogP contribution in [-0.2, 0) is 0 Å². The number of halogens is 2. The van der Waals surface area contributed by atoms with Crippen LogP contribution in [0.15, 0.2) is 45.3 Å². The van der Waals surface area contributed by atoms with Crippen LogP contribution in [0.5, 0.6) is 0 Å². The molecule has 3 aromatic rings. The Morgan fingerprint density at radius 1 is 1.25 bits per heavy atom. The number of carboxylic acid groups (broad SMARTS) is 1. The van der Waals surface area contributed by atoms with Crippen molar-refractivity contribution in [1.82, 2.24) is 4.98 Å². The van der Waals surface area contributed by atoms with E-state index in [-0.39, 0.29) is 5.56 Å². The second-order valence-electron chi connectivity index (χ2n) is 4.13. The predicted molar refractivity (Wildman–Crippen MR) is 79.1 cm³/mol. The van der Waals surface area contributed by atoms with Gasteiger partial charge in [-0.05, 0) is 36.4 Å². The van der Waals surface area contributed by atoms with Gasteiger partial charge in [0.15, 0.2) is 5.58 Å². The molecule has 20 heavy (non-hydrogen) atoms. The lowest BCUT2D eigenvalue weighted by molar-refractivity contribution is 0.0697. The van der Waals surface area contributed by atoms with Gasteiger partial charge in [-0.1, -0.05) is 27.5 Å². The monoisotopic (exact) mass is 351 g/mol. The minimum absolute atomic E-state index is 0.166. The minimum Gasteiger partial charge on any atom is -0.478 e. The fraction of sp³-hybridized carbons (Fsp3) is 0. The number of benzene rings is 2. The third-order valence-corrected chi connectivity index (χ3v) is 3.60. The molecule has 0 bridgehead atoms. The van der Waals surface area contributed by atoms with E-state index in [0.717, 1.165) is 4.47 Å². The normalized spacial score (nSPS) is 10.9. The van der Waals surface area contributed by atoms with Gasteiger partial charge in [-0.3, -0.25) is 0 Å². The van der Waals surface area contributed by atoms with Crippen LogP contribution in [0.25, 0.3) is 22.6 Å². The molecule has 0 atom stereocenters. The largest absolute Gasteiger partial charge is 0.478 e. The molecule has 0 radical (unpaired) electrons. The van der Waals surface area contributed by atoms with Crippen LogP contribution in [0.1, 0.15) is 10.4 Å². The van der Waals surface area contributed by atoms with Gasteiger partial charge < -0.3 is 9.52 Å². The van der Waals surface area contributed by atoms with Crippen molar-refractivity contribution >= 4 is 44.6 Å². The summed E-state index contributed by atoms with van der Waals surface area (Å²) < 4.78 is 6.46. The maximum Gasteiger partial charge on any atom is 0.335 e. The predicted octanol–water partition coefficient (Wildman–Crippen LogP) is 4.61. The van der Waals surface area contributed by atoms with Crippen molar-refractivity contribution in [3.05, 3.63) is 51.5 Å². The lowest BCUT2D eigenvalue weighted by atomic mass is 10.2. The van der Waals surface area contributed by atoms with Gasteiger partial charge in [-0.2, -0.15) is 0 Å². The Kier molecular flexibility index (Phi) is 3.23. The Hall–Kier alpha value is -1.85. The van der Waals surface area contributed by atoms with E-state index in [0.29, 0.717) is 27.6 Å². The first-order valence-electron chi connectivity index (χ1n) is 5.64. The summed E-state index contributed by atoms with van der Waals surface area (Å²) in [6.45, 7) is 0. The smallest absolute Gasteiger partial charge is 0.335 e. The average molecular weight is 353 g/mol. The molecule has 3 rings (SSSR count). The molecule has 0 spiro atoms. The Bertz CT molecular complexity index is 828. The molecule has 4 nitrogen and oxygen atoms in total. The molecule has 1 aromatic heterocycles. The zero-order valence-electron chi connectivity index (χ0n) is 9.93. The third kappa shape index (κ3) is 2.30. The number of aromatic nitrogens is 1. The van der Waals surface area contributed by atoms with E-state index < -0.39 is 5.97 Å². The summed E-state index contributed by atoms with van der Waals surface area (Å²) in [5.41, 5.74) is 1.82.